The van der Waals surface area contributed by atoms with Gasteiger partial charge in [0.2, 0.25) is 5.91 Å². The standard InChI is InChI=1S/C11H18N4O/c1-2-14(7-9-3-4-9)11(16)8-15-6-5-10(12)13-15/h5-6,9H,2-4,7-8H2,1H3,(H2,12,13). The maximum Gasteiger partial charge on any atom is 0.244 e. The van der Waals surface area contributed by atoms with Gasteiger partial charge in [-0.3, -0.25) is 9.48 Å². The second-order valence-electron chi connectivity index (χ2n) is 4.31. The zero-order valence-corrected chi connectivity index (χ0v) is 9.59. The van der Waals surface area contributed by atoms with Crippen molar-refractivity contribution in [1.82, 2.24) is 14.7 Å². The van der Waals surface area contributed by atoms with Crippen molar-refractivity contribution in [1.29, 1.82) is 0 Å². The van der Waals surface area contributed by atoms with Gasteiger partial charge in [-0.25, -0.2) is 0 Å². The largest absolute Gasteiger partial charge is 0.382 e. The van der Waals surface area contributed by atoms with Gasteiger partial charge in [0, 0.05) is 19.3 Å². The van der Waals surface area contributed by atoms with Crippen molar-refractivity contribution in [3.63, 3.8) is 0 Å². The van der Waals surface area contributed by atoms with Crippen molar-refractivity contribution in [2.45, 2.75) is 26.3 Å². The van der Waals surface area contributed by atoms with Crippen LogP contribution in [0.2, 0.25) is 0 Å². The molecular weight excluding hydrogens is 204 g/mol. The van der Waals surface area contributed by atoms with Gasteiger partial charge in [0.25, 0.3) is 0 Å². The van der Waals surface area contributed by atoms with Crippen LogP contribution >= 0.6 is 0 Å². The molecule has 0 atom stereocenters. The SMILES string of the molecule is CCN(CC1CC1)C(=O)Cn1ccc(N)n1. The highest BCUT2D eigenvalue weighted by molar-refractivity contribution is 5.75. The summed E-state index contributed by atoms with van der Waals surface area (Å²) in [6.07, 6.45) is 4.26. The number of anilines is 1. The number of amides is 1. The Labute approximate surface area is 95.2 Å². The fourth-order valence-electron chi connectivity index (χ4n) is 1.72. The smallest absolute Gasteiger partial charge is 0.244 e. The van der Waals surface area contributed by atoms with E-state index in [0.29, 0.717) is 5.82 Å². The summed E-state index contributed by atoms with van der Waals surface area (Å²) in [6, 6.07) is 1.70. The Morgan fingerprint density at radius 3 is 2.94 bits per heavy atom. The van der Waals surface area contributed by atoms with Crippen molar-refractivity contribution in [3.05, 3.63) is 12.3 Å². The molecule has 5 heteroatoms. The Kier molecular flexibility index (Phi) is 3.12. The lowest BCUT2D eigenvalue weighted by Crippen LogP contribution is -2.35. The molecule has 88 valence electrons. The molecule has 0 aromatic carbocycles. The molecule has 2 N–H and O–H groups in total. The van der Waals surface area contributed by atoms with E-state index < -0.39 is 0 Å². The predicted molar refractivity (Wildman–Crippen MR) is 61.6 cm³/mol. The first-order chi connectivity index (χ1) is 7.69. The lowest BCUT2D eigenvalue weighted by Gasteiger charge is -2.20. The minimum absolute atomic E-state index is 0.123. The van der Waals surface area contributed by atoms with E-state index in [-0.39, 0.29) is 12.5 Å². The van der Waals surface area contributed by atoms with Gasteiger partial charge < -0.3 is 10.6 Å². The van der Waals surface area contributed by atoms with E-state index in [4.69, 9.17) is 5.73 Å². The third-order valence-corrected chi connectivity index (χ3v) is 2.87. The average Bonchev–Trinajstić information content (AvgIpc) is 2.98. The summed E-state index contributed by atoms with van der Waals surface area (Å²) in [5, 5.41) is 4.01. The summed E-state index contributed by atoms with van der Waals surface area (Å²) >= 11 is 0. The quantitative estimate of drug-likeness (QED) is 0.798. The number of carbonyl (C=O) groups excluding carboxylic acids is 1. The first-order valence-corrected chi connectivity index (χ1v) is 5.75. The zero-order chi connectivity index (χ0) is 11.5. The average molecular weight is 222 g/mol. The highest BCUT2D eigenvalue weighted by Crippen LogP contribution is 2.29. The minimum Gasteiger partial charge on any atom is -0.382 e. The number of rotatable bonds is 5. The third kappa shape index (κ3) is 2.74. The Bertz CT molecular complexity index is 370. The van der Waals surface area contributed by atoms with E-state index in [2.05, 4.69) is 5.10 Å². The molecule has 0 spiro atoms. The van der Waals surface area contributed by atoms with Crippen molar-refractivity contribution >= 4 is 11.7 Å². The highest BCUT2D eigenvalue weighted by Gasteiger charge is 2.25. The number of likely N-dealkylation sites (N-methyl/N-ethyl adjacent to an activating group) is 1. The lowest BCUT2D eigenvalue weighted by atomic mass is 10.3. The van der Waals surface area contributed by atoms with Crippen LogP contribution in [0.4, 0.5) is 5.82 Å². The Morgan fingerprint density at radius 2 is 2.44 bits per heavy atom. The molecule has 0 aliphatic heterocycles. The third-order valence-electron chi connectivity index (χ3n) is 2.87. The van der Waals surface area contributed by atoms with Gasteiger partial charge in [0.1, 0.15) is 12.4 Å². The van der Waals surface area contributed by atoms with E-state index in [9.17, 15) is 4.79 Å². The number of hydrogen-bond acceptors (Lipinski definition) is 3. The van der Waals surface area contributed by atoms with E-state index in [1.807, 2.05) is 11.8 Å². The zero-order valence-electron chi connectivity index (χ0n) is 9.59. The molecule has 16 heavy (non-hydrogen) atoms. The summed E-state index contributed by atoms with van der Waals surface area (Å²) < 4.78 is 1.59. The second-order valence-corrected chi connectivity index (χ2v) is 4.31. The molecule has 2 rings (SSSR count). The van der Waals surface area contributed by atoms with Gasteiger partial charge in [-0.2, -0.15) is 5.10 Å². The molecule has 1 aromatic rings. The van der Waals surface area contributed by atoms with Crippen LogP contribution in [0.1, 0.15) is 19.8 Å². The lowest BCUT2D eigenvalue weighted by molar-refractivity contribution is -0.132. The van der Waals surface area contributed by atoms with E-state index in [1.165, 1.54) is 12.8 Å². The molecule has 1 fully saturated rings. The van der Waals surface area contributed by atoms with Gasteiger partial charge in [-0.15, -0.1) is 0 Å². The van der Waals surface area contributed by atoms with E-state index in [1.54, 1.807) is 16.9 Å². The van der Waals surface area contributed by atoms with Crippen molar-refractivity contribution < 1.29 is 4.79 Å². The molecule has 0 unspecified atom stereocenters. The van der Waals surface area contributed by atoms with Crippen LogP contribution in [0.5, 0.6) is 0 Å². The predicted octanol–water partition coefficient (Wildman–Crippen LogP) is 0.724. The normalized spacial score (nSPS) is 15.1. The molecular formula is C11H18N4O. The van der Waals surface area contributed by atoms with Gasteiger partial charge in [-0.05, 0) is 31.7 Å². The fraction of sp³-hybridized carbons (Fsp3) is 0.636. The maximum atomic E-state index is 11.9. The van der Waals surface area contributed by atoms with Crippen LogP contribution in [0, 0.1) is 5.92 Å². The molecule has 1 aliphatic rings. The first kappa shape index (κ1) is 11.0. The Morgan fingerprint density at radius 1 is 1.69 bits per heavy atom. The second kappa shape index (κ2) is 4.55. The Balaban J connectivity index is 1.89. The molecule has 1 amide bonds. The van der Waals surface area contributed by atoms with Crippen LogP contribution < -0.4 is 5.73 Å². The first-order valence-electron chi connectivity index (χ1n) is 5.75. The van der Waals surface area contributed by atoms with Gasteiger partial charge >= 0.3 is 0 Å². The van der Waals surface area contributed by atoms with Crippen LogP contribution in [-0.2, 0) is 11.3 Å². The molecule has 0 saturated heterocycles. The summed E-state index contributed by atoms with van der Waals surface area (Å²) in [5.74, 6) is 1.31. The van der Waals surface area contributed by atoms with E-state index >= 15 is 0 Å². The van der Waals surface area contributed by atoms with Crippen LogP contribution in [0.15, 0.2) is 12.3 Å². The van der Waals surface area contributed by atoms with Crippen LogP contribution in [0.3, 0.4) is 0 Å². The van der Waals surface area contributed by atoms with Gasteiger partial charge in [0.05, 0.1) is 0 Å². The number of hydrogen-bond donors (Lipinski definition) is 1. The molecule has 0 radical (unpaired) electrons. The summed E-state index contributed by atoms with van der Waals surface area (Å²) in [6.45, 7) is 3.97. The van der Waals surface area contributed by atoms with Crippen molar-refractivity contribution in [3.8, 4) is 0 Å². The number of nitrogens with zero attached hydrogens (tertiary/aromatic N) is 3. The molecule has 1 heterocycles. The summed E-state index contributed by atoms with van der Waals surface area (Å²) in [7, 11) is 0. The van der Waals surface area contributed by atoms with Gasteiger partial charge in [0.15, 0.2) is 0 Å². The highest BCUT2D eigenvalue weighted by atomic mass is 16.2. The molecule has 1 aliphatic carbocycles. The summed E-state index contributed by atoms with van der Waals surface area (Å²) in [4.78, 5) is 13.8. The summed E-state index contributed by atoms with van der Waals surface area (Å²) in [5.41, 5.74) is 5.50. The minimum atomic E-state index is 0.123. The molecule has 5 nitrogen and oxygen atoms in total. The van der Waals surface area contributed by atoms with Crippen LogP contribution in [-0.4, -0.2) is 33.7 Å². The topological polar surface area (TPSA) is 64.2 Å². The molecule has 1 aromatic heterocycles. The number of carbonyl (C=O) groups is 1. The van der Waals surface area contributed by atoms with Gasteiger partial charge in [-0.1, -0.05) is 0 Å². The molecule has 1 saturated carbocycles. The Hall–Kier alpha value is -1.52. The maximum absolute atomic E-state index is 11.9. The molecule has 0 bridgehead atoms. The fourth-order valence-corrected chi connectivity index (χ4v) is 1.72. The monoisotopic (exact) mass is 222 g/mol. The number of nitrogen functional groups attached to an aromatic ring is 1. The van der Waals surface area contributed by atoms with E-state index in [0.717, 1.165) is 19.0 Å². The number of nitrogens with two attached hydrogens (primary N) is 1. The van der Waals surface area contributed by atoms with Crippen LogP contribution in [0.25, 0.3) is 0 Å². The van der Waals surface area contributed by atoms with Crippen molar-refractivity contribution in [2.24, 2.45) is 5.92 Å². The van der Waals surface area contributed by atoms with Crippen molar-refractivity contribution in [2.75, 3.05) is 18.8 Å². The number of aromatic nitrogens is 2.